The first kappa shape index (κ1) is 27.3. The molecule has 1 aliphatic carbocycles. The molecule has 0 saturated carbocycles. The van der Waals surface area contributed by atoms with Crippen LogP contribution in [0.3, 0.4) is 0 Å². The van der Waals surface area contributed by atoms with Crippen molar-refractivity contribution in [3.8, 4) is 0 Å². The van der Waals surface area contributed by atoms with Gasteiger partial charge >= 0.3 is 0 Å². The average Bonchev–Trinajstić information content (AvgIpc) is 2.87. The molecule has 2 aromatic carbocycles. The maximum Gasteiger partial charge on any atom is 0.166 e. The van der Waals surface area contributed by atoms with Crippen molar-refractivity contribution in [1.29, 1.82) is 0 Å². The van der Waals surface area contributed by atoms with Gasteiger partial charge in [-0.05, 0) is 42.4 Å². The molecule has 1 unspecified atom stereocenters. The van der Waals surface area contributed by atoms with Gasteiger partial charge in [0.15, 0.2) is 17.3 Å². The highest BCUT2D eigenvalue weighted by Crippen LogP contribution is 2.46. The fourth-order valence-electron chi connectivity index (χ4n) is 4.99. The van der Waals surface area contributed by atoms with E-state index in [2.05, 4.69) is 13.8 Å². The second kappa shape index (κ2) is 13.7. The Morgan fingerprint density at radius 2 is 1.34 bits per heavy atom. The summed E-state index contributed by atoms with van der Waals surface area (Å²) in [5, 5.41) is 0. The Hall–Kier alpha value is -2.29. The van der Waals surface area contributed by atoms with E-state index >= 15 is 8.78 Å². The lowest BCUT2D eigenvalue weighted by molar-refractivity contribution is 0.248. The van der Waals surface area contributed by atoms with Gasteiger partial charge in [-0.15, -0.1) is 0 Å². The van der Waals surface area contributed by atoms with E-state index in [4.69, 9.17) is 0 Å². The van der Waals surface area contributed by atoms with E-state index in [1.807, 2.05) is 24.3 Å². The SMILES string of the molecule is CCCCCCCCCc1ccc(C2(F)CC=CC=C2c2ccc(CCCCC)c(F)c2F)cc1. The smallest absolute Gasteiger partial charge is 0.166 e. The molecule has 0 nitrogen and oxygen atoms in total. The van der Waals surface area contributed by atoms with Gasteiger partial charge in [-0.25, -0.2) is 13.2 Å². The molecule has 0 fully saturated rings. The molecule has 0 aliphatic heterocycles. The van der Waals surface area contributed by atoms with Crippen LogP contribution in [0.15, 0.2) is 54.6 Å². The van der Waals surface area contributed by atoms with E-state index in [1.54, 1.807) is 30.4 Å². The van der Waals surface area contributed by atoms with Crippen LogP contribution in [0, 0.1) is 11.6 Å². The van der Waals surface area contributed by atoms with Gasteiger partial charge < -0.3 is 0 Å². The molecule has 0 aromatic heterocycles. The molecule has 190 valence electrons. The van der Waals surface area contributed by atoms with Gasteiger partial charge in [0.25, 0.3) is 0 Å². The predicted octanol–water partition coefficient (Wildman–Crippen LogP) is 10.2. The molecule has 0 spiro atoms. The van der Waals surface area contributed by atoms with Gasteiger partial charge in [-0.1, -0.05) is 120 Å². The number of hydrogen-bond donors (Lipinski definition) is 0. The molecule has 0 amide bonds. The van der Waals surface area contributed by atoms with E-state index in [1.165, 1.54) is 44.1 Å². The van der Waals surface area contributed by atoms with Gasteiger partial charge in [0, 0.05) is 17.6 Å². The number of benzene rings is 2. The van der Waals surface area contributed by atoms with Gasteiger partial charge in [0.05, 0.1) is 0 Å². The molecule has 0 N–H and O–H groups in total. The topological polar surface area (TPSA) is 0 Å². The molecule has 35 heavy (non-hydrogen) atoms. The van der Waals surface area contributed by atoms with Crippen LogP contribution in [0.25, 0.3) is 5.57 Å². The first-order chi connectivity index (χ1) is 17.0. The molecule has 1 aliphatic rings. The van der Waals surface area contributed by atoms with Crippen LogP contribution in [0.4, 0.5) is 13.2 Å². The lowest BCUT2D eigenvalue weighted by Crippen LogP contribution is -2.24. The number of rotatable bonds is 14. The second-order valence-corrected chi connectivity index (χ2v) is 9.94. The Balaban J connectivity index is 1.71. The normalized spacial score (nSPS) is 17.6. The number of hydrogen-bond acceptors (Lipinski definition) is 0. The zero-order valence-electron chi connectivity index (χ0n) is 21.5. The molecular weight excluding hydrogens is 441 g/mol. The molecular formula is C32H41F3. The highest BCUT2D eigenvalue weighted by Gasteiger charge is 2.39. The number of allylic oxidation sites excluding steroid dienone is 4. The third kappa shape index (κ3) is 7.12. The van der Waals surface area contributed by atoms with Crippen molar-refractivity contribution in [2.45, 2.75) is 103 Å². The Morgan fingerprint density at radius 3 is 2.06 bits per heavy atom. The Labute approximate surface area is 210 Å². The molecule has 0 heterocycles. The molecule has 3 heteroatoms. The molecule has 3 rings (SSSR count). The highest BCUT2D eigenvalue weighted by molar-refractivity contribution is 5.77. The number of alkyl halides is 1. The highest BCUT2D eigenvalue weighted by atomic mass is 19.2. The molecule has 0 radical (unpaired) electrons. The van der Waals surface area contributed by atoms with E-state index in [9.17, 15) is 4.39 Å². The summed E-state index contributed by atoms with van der Waals surface area (Å²) in [5.74, 6) is -1.79. The van der Waals surface area contributed by atoms with Crippen molar-refractivity contribution in [3.05, 3.63) is 88.5 Å². The molecule has 0 saturated heterocycles. The maximum atomic E-state index is 16.5. The summed E-state index contributed by atoms with van der Waals surface area (Å²) in [6, 6.07) is 10.8. The van der Waals surface area contributed by atoms with Crippen molar-refractivity contribution < 1.29 is 13.2 Å². The van der Waals surface area contributed by atoms with Crippen molar-refractivity contribution in [2.75, 3.05) is 0 Å². The van der Waals surface area contributed by atoms with Gasteiger partial charge in [0.2, 0.25) is 0 Å². The Kier molecular flexibility index (Phi) is 10.7. The fourth-order valence-corrected chi connectivity index (χ4v) is 4.99. The number of halogens is 3. The Bertz CT molecular complexity index is 987. The minimum atomic E-state index is -1.89. The molecule has 0 bridgehead atoms. The summed E-state index contributed by atoms with van der Waals surface area (Å²) >= 11 is 0. The van der Waals surface area contributed by atoms with Crippen LogP contribution in [-0.2, 0) is 18.5 Å². The third-order valence-electron chi connectivity index (χ3n) is 7.21. The monoisotopic (exact) mass is 482 g/mol. The van der Waals surface area contributed by atoms with E-state index in [0.717, 1.165) is 32.1 Å². The molecule has 2 aromatic rings. The van der Waals surface area contributed by atoms with Crippen molar-refractivity contribution >= 4 is 5.57 Å². The average molecular weight is 483 g/mol. The summed E-state index contributed by atoms with van der Waals surface area (Å²) in [5.41, 5.74) is 0.367. The summed E-state index contributed by atoms with van der Waals surface area (Å²) in [6.07, 6.45) is 18.3. The van der Waals surface area contributed by atoms with Crippen LogP contribution in [0.5, 0.6) is 0 Å². The summed E-state index contributed by atoms with van der Waals surface area (Å²) in [7, 11) is 0. The quantitative estimate of drug-likeness (QED) is 0.235. The first-order valence-corrected chi connectivity index (χ1v) is 13.6. The minimum Gasteiger partial charge on any atom is -0.233 e. The largest absolute Gasteiger partial charge is 0.233 e. The third-order valence-corrected chi connectivity index (χ3v) is 7.21. The van der Waals surface area contributed by atoms with E-state index < -0.39 is 17.3 Å². The van der Waals surface area contributed by atoms with Crippen LogP contribution in [0.1, 0.15) is 107 Å². The summed E-state index contributed by atoms with van der Waals surface area (Å²) in [4.78, 5) is 0. The lowest BCUT2D eigenvalue weighted by atomic mass is 9.78. The zero-order valence-corrected chi connectivity index (χ0v) is 21.5. The second-order valence-electron chi connectivity index (χ2n) is 9.94. The lowest BCUT2D eigenvalue weighted by Gasteiger charge is -2.30. The van der Waals surface area contributed by atoms with E-state index in [0.29, 0.717) is 17.5 Å². The predicted molar refractivity (Wildman–Crippen MR) is 142 cm³/mol. The van der Waals surface area contributed by atoms with Crippen LogP contribution >= 0.6 is 0 Å². The van der Waals surface area contributed by atoms with Gasteiger partial charge in [0.1, 0.15) is 0 Å². The van der Waals surface area contributed by atoms with Gasteiger partial charge in [-0.2, -0.15) is 0 Å². The molecule has 1 atom stereocenters. The summed E-state index contributed by atoms with van der Waals surface area (Å²) in [6.45, 7) is 4.31. The minimum absolute atomic E-state index is 0.0146. The zero-order chi connectivity index (χ0) is 25.1. The van der Waals surface area contributed by atoms with Crippen LogP contribution < -0.4 is 0 Å². The Morgan fingerprint density at radius 1 is 0.714 bits per heavy atom. The number of unbranched alkanes of at least 4 members (excludes halogenated alkanes) is 8. The standard InChI is InChI=1S/C32H41F3/c1-3-5-7-8-9-10-12-15-25-18-21-27(22-19-25)32(35)24-14-13-17-29(32)28-23-20-26(16-11-6-4-2)30(33)31(28)34/h13-14,17-23H,3-12,15-16,24H2,1-2H3. The van der Waals surface area contributed by atoms with E-state index in [-0.39, 0.29) is 17.6 Å². The first-order valence-electron chi connectivity index (χ1n) is 13.6. The maximum absolute atomic E-state index is 16.5. The van der Waals surface area contributed by atoms with Crippen LogP contribution in [0.2, 0.25) is 0 Å². The van der Waals surface area contributed by atoms with Crippen molar-refractivity contribution in [2.24, 2.45) is 0 Å². The summed E-state index contributed by atoms with van der Waals surface area (Å²) < 4.78 is 46.5. The van der Waals surface area contributed by atoms with Crippen molar-refractivity contribution in [1.82, 2.24) is 0 Å². The fraction of sp³-hybridized carbons (Fsp3) is 0.500. The van der Waals surface area contributed by atoms with Crippen LogP contribution in [-0.4, -0.2) is 0 Å². The number of aryl methyl sites for hydroxylation is 2. The van der Waals surface area contributed by atoms with Gasteiger partial charge in [-0.3, -0.25) is 0 Å². The van der Waals surface area contributed by atoms with Crippen molar-refractivity contribution in [3.63, 3.8) is 0 Å².